The summed E-state index contributed by atoms with van der Waals surface area (Å²) in [5.74, 6) is -2.16. The molecule has 0 unspecified atom stereocenters. The van der Waals surface area contributed by atoms with E-state index >= 15 is 0 Å². The molecule has 2 aromatic rings. The Morgan fingerprint density at radius 3 is 1.97 bits per heavy atom. The molecule has 0 aromatic heterocycles. The summed E-state index contributed by atoms with van der Waals surface area (Å²) in [5, 5.41) is 14.8. The molecule has 1 aliphatic rings. The highest BCUT2D eigenvalue weighted by molar-refractivity contribution is 6.27. The number of aryl methyl sites for hydroxylation is 1. The van der Waals surface area contributed by atoms with E-state index in [1.807, 2.05) is 29.2 Å². The predicted octanol–water partition coefficient (Wildman–Crippen LogP) is 1.88. The smallest absolute Gasteiger partial charge is 0.414 e. The van der Waals surface area contributed by atoms with Gasteiger partial charge in [-0.3, -0.25) is 9.69 Å². The van der Waals surface area contributed by atoms with Crippen molar-refractivity contribution < 1.29 is 34.1 Å². The highest BCUT2D eigenvalue weighted by Crippen LogP contribution is 2.17. The second-order valence-corrected chi connectivity index (χ2v) is 7.16. The molecule has 1 saturated heterocycles. The number of methoxy groups -OCH3 is 1. The lowest BCUT2D eigenvalue weighted by Gasteiger charge is -2.35. The number of rotatable bonds is 6. The van der Waals surface area contributed by atoms with Gasteiger partial charge in [0.2, 0.25) is 0 Å². The Morgan fingerprint density at radius 1 is 0.875 bits per heavy atom. The van der Waals surface area contributed by atoms with E-state index in [9.17, 15) is 4.79 Å². The molecule has 0 bridgehead atoms. The van der Waals surface area contributed by atoms with Gasteiger partial charge in [-0.2, -0.15) is 0 Å². The molecule has 0 aliphatic carbocycles. The van der Waals surface area contributed by atoms with Gasteiger partial charge in [0.05, 0.1) is 7.11 Å². The minimum Gasteiger partial charge on any atom is -0.497 e. The molecular formula is C23H28N2O7. The normalized spacial score (nSPS) is 13.5. The summed E-state index contributed by atoms with van der Waals surface area (Å²) >= 11 is 0. The zero-order chi connectivity index (χ0) is 23.5. The largest absolute Gasteiger partial charge is 0.497 e. The third-order valence-corrected chi connectivity index (χ3v) is 4.98. The number of carbonyl (C=O) groups excluding carboxylic acids is 1. The van der Waals surface area contributed by atoms with Crippen LogP contribution in [0.4, 0.5) is 0 Å². The van der Waals surface area contributed by atoms with Crippen LogP contribution >= 0.6 is 0 Å². The first-order valence-corrected chi connectivity index (χ1v) is 10.1. The maximum absolute atomic E-state index is 12.4. The Kier molecular flexibility index (Phi) is 9.49. The van der Waals surface area contributed by atoms with Crippen molar-refractivity contribution in [1.82, 2.24) is 9.80 Å². The first kappa shape index (κ1) is 24.7. The van der Waals surface area contributed by atoms with Gasteiger partial charge < -0.3 is 24.6 Å². The summed E-state index contributed by atoms with van der Waals surface area (Å²) in [7, 11) is 1.62. The molecule has 2 N–H and O–H groups in total. The number of benzene rings is 2. The van der Waals surface area contributed by atoms with Crippen LogP contribution in [0.5, 0.6) is 11.5 Å². The van der Waals surface area contributed by atoms with E-state index in [1.54, 1.807) is 7.11 Å². The molecule has 1 fully saturated rings. The van der Waals surface area contributed by atoms with Crippen LogP contribution in [-0.4, -0.2) is 77.8 Å². The van der Waals surface area contributed by atoms with Crippen LogP contribution in [0.1, 0.15) is 11.1 Å². The minimum atomic E-state index is -1.82. The van der Waals surface area contributed by atoms with E-state index < -0.39 is 11.9 Å². The Hall–Kier alpha value is -3.59. The molecule has 32 heavy (non-hydrogen) atoms. The lowest BCUT2D eigenvalue weighted by Crippen LogP contribution is -2.49. The molecule has 0 saturated carbocycles. The summed E-state index contributed by atoms with van der Waals surface area (Å²) in [6.45, 7) is 6.44. The predicted molar refractivity (Wildman–Crippen MR) is 117 cm³/mol. The van der Waals surface area contributed by atoms with Gasteiger partial charge in [0.15, 0.2) is 6.61 Å². The van der Waals surface area contributed by atoms with Crippen LogP contribution in [0.15, 0.2) is 48.5 Å². The number of carbonyl (C=O) groups is 3. The van der Waals surface area contributed by atoms with Crippen molar-refractivity contribution in [2.45, 2.75) is 13.5 Å². The zero-order valence-corrected chi connectivity index (χ0v) is 18.2. The average molecular weight is 444 g/mol. The van der Waals surface area contributed by atoms with E-state index in [4.69, 9.17) is 29.3 Å². The van der Waals surface area contributed by atoms with Crippen molar-refractivity contribution >= 4 is 17.8 Å². The van der Waals surface area contributed by atoms with E-state index in [0.717, 1.165) is 38.5 Å². The standard InChI is InChI=1S/C21H26N2O3.C2H2O4/c1-17-5-3-4-6-18(17)15-22-11-13-23(14-12-22)21(24)16-26-20-9-7-19(25-2)8-10-20;3-1(4)2(5)6/h3-10H,11-16H2,1-2H3;(H,3,4)(H,5,6). The van der Waals surface area contributed by atoms with Crippen LogP contribution in [0.2, 0.25) is 0 Å². The third kappa shape index (κ3) is 7.92. The molecule has 2 aromatic carbocycles. The first-order valence-electron chi connectivity index (χ1n) is 10.1. The maximum atomic E-state index is 12.4. The molecule has 1 amide bonds. The highest BCUT2D eigenvalue weighted by atomic mass is 16.5. The van der Waals surface area contributed by atoms with E-state index in [0.29, 0.717) is 5.75 Å². The Bertz CT molecular complexity index is 895. The summed E-state index contributed by atoms with van der Waals surface area (Å²) in [5.41, 5.74) is 2.68. The molecule has 0 spiro atoms. The summed E-state index contributed by atoms with van der Waals surface area (Å²) < 4.78 is 10.7. The van der Waals surface area contributed by atoms with Gasteiger partial charge in [0.25, 0.3) is 5.91 Å². The SMILES string of the molecule is COc1ccc(OCC(=O)N2CCN(Cc3ccccc3C)CC2)cc1.O=C(O)C(=O)O. The van der Waals surface area contributed by atoms with E-state index in [1.165, 1.54) is 11.1 Å². The number of aliphatic carboxylic acids is 2. The maximum Gasteiger partial charge on any atom is 0.414 e. The van der Waals surface area contributed by atoms with Crippen molar-refractivity contribution in [3.63, 3.8) is 0 Å². The monoisotopic (exact) mass is 444 g/mol. The molecule has 9 nitrogen and oxygen atoms in total. The van der Waals surface area contributed by atoms with E-state index in [-0.39, 0.29) is 12.5 Å². The van der Waals surface area contributed by atoms with Crippen molar-refractivity contribution in [2.75, 3.05) is 39.9 Å². The minimum absolute atomic E-state index is 0.0383. The number of ether oxygens (including phenoxy) is 2. The average Bonchev–Trinajstić information content (AvgIpc) is 2.80. The molecule has 1 aliphatic heterocycles. The lowest BCUT2D eigenvalue weighted by atomic mass is 10.1. The molecular weight excluding hydrogens is 416 g/mol. The number of hydrogen-bond acceptors (Lipinski definition) is 6. The van der Waals surface area contributed by atoms with Crippen LogP contribution in [-0.2, 0) is 20.9 Å². The first-order chi connectivity index (χ1) is 15.3. The summed E-state index contributed by atoms with van der Waals surface area (Å²) in [6.07, 6.45) is 0. The van der Waals surface area contributed by atoms with Crippen molar-refractivity contribution in [3.8, 4) is 11.5 Å². The molecule has 0 atom stereocenters. The molecule has 9 heteroatoms. The number of nitrogens with zero attached hydrogens (tertiary/aromatic N) is 2. The van der Waals surface area contributed by atoms with Gasteiger partial charge >= 0.3 is 11.9 Å². The topological polar surface area (TPSA) is 117 Å². The van der Waals surface area contributed by atoms with Crippen LogP contribution in [0.3, 0.4) is 0 Å². The quantitative estimate of drug-likeness (QED) is 0.649. The number of hydrogen-bond donors (Lipinski definition) is 2. The molecule has 1 heterocycles. The summed E-state index contributed by atoms with van der Waals surface area (Å²) in [6, 6.07) is 15.7. The number of piperazine rings is 1. The van der Waals surface area contributed by atoms with E-state index in [2.05, 4.69) is 36.1 Å². The molecule has 3 rings (SSSR count). The highest BCUT2D eigenvalue weighted by Gasteiger charge is 2.21. The van der Waals surface area contributed by atoms with Gasteiger partial charge in [-0.1, -0.05) is 24.3 Å². The second kappa shape index (κ2) is 12.3. The van der Waals surface area contributed by atoms with Gasteiger partial charge in [0, 0.05) is 32.7 Å². The second-order valence-electron chi connectivity index (χ2n) is 7.16. The van der Waals surface area contributed by atoms with Gasteiger partial charge in [-0.05, 0) is 42.3 Å². The fourth-order valence-corrected chi connectivity index (χ4v) is 3.09. The number of carboxylic acids is 2. The van der Waals surface area contributed by atoms with Gasteiger partial charge in [0.1, 0.15) is 11.5 Å². The molecule has 172 valence electrons. The molecule has 0 radical (unpaired) electrons. The fourth-order valence-electron chi connectivity index (χ4n) is 3.09. The summed E-state index contributed by atoms with van der Waals surface area (Å²) in [4.78, 5) is 34.9. The Morgan fingerprint density at radius 2 is 1.44 bits per heavy atom. The Balaban J connectivity index is 0.000000534. The van der Waals surface area contributed by atoms with Crippen LogP contribution in [0.25, 0.3) is 0 Å². The van der Waals surface area contributed by atoms with Crippen molar-refractivity contribution in [1.29, 1.82) is 0 Å². The van der Waals surface area contributed by atoms with Crippen molar-refractivity contribution in [2.24, 2.45) is 0 Å². The van der Waals surface area contributed by atoms with Gasteiger partial charge in [-0.25, -0.2) is 9.59 Å². The number of amides is 1. The fraction of sp³-hybridized carbons (Fsp3) is 0.348. The van der Waals surface area contributed by atoms with Crippen molar-refractivity contribution in [3.05, 3.63) is 59.7 Å². The Labute approximate surface area is 186 Å². The van der Waals surface area contributed by atoms with Gasteiger partial charge in [-0.15, -0.1) is 0 Å². The third-order valence-electron chi connectivity index (χ3n) is 4.98. The van der Waals surface area contributed by atoms with Crippen LogP contribution in [0, 0.1) is 6.92 Å². The lowest BCUT2D eigenvalue weighted by molar-refractivity contribution is -0.159. The number of carboxylic acid groups (broad SMARTS) is 2. The zero-order valence-electron chi connectivity index (χ0n) is 18.2. The van der Waals surface area contributed by atoms with Crippen LogP contribution < -0.4 is 9.47 Å².